The zero-order chi connectivity index (χ0) is 11.5. The maximum Gasteiger partial charge on any atom is 0.289 e. The number of piperazine rings is 1. The number of furan rings is 1. The van der Waals surface area contributed by atoms with E-state index in [4.69, 9.17) is 4.42 Å². The second kappa shape index (κ2) is 6.33. The van der Waals surface area contributed by atoms with Gasteiger partial charge in [-0.05, 0) is 25.3 Å². The normalized spacial score (nSPS) is 19.9. The van der Waals surface area contributed by atoms with E-state index in [1.54, 1.807) is 6.07 Å². The zero-order valence-electron chi connectivity index (χ0n) is 9.93. The maximum atomic E-state index is 12.1. The van der Waals surface area contributed by atoms with Crippen molar-refractivity contribution in [1.82, 2.24) is 10.2 Å². The highest BCUT2D eigenvalue weighted by atomic mass is 35.5. The van der Waals surface area contributed by atoms with Gasteiger partial charge < -0.3 is 14.6 Å². The third-order valence-electron chi connectivity index (χ3n) is 2.65. The Morgan fingerprint density at radius 1 is 1.59 bits per heavy atom. The summed E-state index contributed by atoms with van der Waals surface area (Å²) >= 11 is 1.50. The van der Waals surface area contributed by atoms with Crippen molar-refractivity contribution in [1.29, 1.82) is 0 Å². The fourth-order valence-corrected chi connectivity index (χ4v) is 2.19. The van der Waals surface area contributed by atoms with Crippen molar-refractivity contribution < 1.29 is 9.21 Å². The van der Waals surface area contributed by atoms with Crippen molar-refractivity contribution in [2.75, 3.05) is 25.9 Å². The second-order valence-corrected chi connectivity index (χ2v) is 4.74. The van der Waals surface area contributed by atoms with Crippen LogP contribution in [0.4, 0.5) is 0 Å². The molecule has 4 nitrogen and oxygen atoms in total. The van der Waals surface area contributed by atoms with Crippen molar-refractivity contribution in [3.63, 3.8) is 0 Å². The van der Waals surface area contributed by atoms with Gasteiger partial charge in [-0.2, -0.15) is 0 Å². The Labute approximate surface area is 112 Å². The van der Waals surface area contributed by atoms with E-state index < -0.39 is 0 Å². The van der Waals surface area contributed by atoms with Gasteiger partial charge in [-0.15, -0.1) is 12.4 Å². The highest BCUT2D eigenvalue weighted by Gasteiger charge is 2.23. The minimum Gasteiger partial charge on any atom is -0.445 e. The summed E-state index contributed by atoms with van der Waals surface area (Å²) in [6.07, 6.45) is 1.93. The average Bonchev–Trinajstić information content (AvgIpc) is 2.76. The van der Waals surface area contributed by atoms with E-state index >= 15 is 0 Å². The van der Waals surface area contributed by atoms with Crippen LogP contribution in [0.3, 0.4) is 0 Å². The first kappa shape index (κ1) is 14.4. The minimum absolute atomic E-state index is 0. The number of thioether (sulfide) groups is 1. The molecule has 0 aromatic carbocycles. The first-order valence-corrected chi connectivity index (χ1v) is 6.59. The van der Waals surface area contributed by atoms with Gasteiger partial charge in [0, 0.05) is 25.7 Å². The third-order valence-corrected chi connectivity index (χ3v) is 3.27. The molecule has 96 valence electrons. The van der Waals surface area contributed by atoms with Gasteiger partial charge in [0.2, 0.25) is 0 Å². The summed E-state index contributed by atoms with van der Waals surface area (Å²) in [5.41, 5.74) is 0. The summed E-state index contributed by atoms with van der Waals surface area (Å²) in [7, 11) is 0. The second-order valence-electron chi connectivity index (χ2n) is 3.93. The van der Waals surface area contributed by atoms with Gasteiger partial charge in [0.1, 0.15) is 0 Å². The van der Waals surface area contributed by atoms with Crippen LogP contribution in [0.25, 0.3) is 0 Å². The molecule has 1 aromatic heterocycles. The average molecular weight is 277 g/mol. The SMILES string of the molecule is CSc1ccc(C(=O)N2CCNC(C)C2)o1.Cl. The molecule has 6 heteroatoms. The monoisotopic (exact) mass is 276 g/mol. The topological polar surface area (TPSA) is 45.5 Å². The molecule has 1 amide bonds. The highest BCUT2D eigenvalue weighted by molar-refractivity contribution is 7.98. The Bertz CT molecular complexity index is 383. The molecule has 0 saturated carbocycles. The van der Waals surface area contributed by atoms with Gasteiger partial charge in [-0.25, -0.2) is 0 Å². The molecule has 0 spiro atoms. The molecule has 1 unspecified atom stereocenters. The number of halogens is 1. The van der Waals surface area contributed by atoms with Crippen molar-refractivity contribution in [2.24, 2.45) is 0 Å². The molecule has 2 rings (SSSR count). The molecule has 1 aliphatic rings. The molecule has 1 saturated heterocycles. The number of hydrogen-bond donors (Lipinski definition) is 1. The van der Waals surface area contributed by atoms with Gasteiger partial charge in [-0.3, -0.25) is 4.79 Å². The van der Waals surface area contributed by atoms with E-state index in [0.717, 1.165) is 24.7 Å². The summed E-state index contributed by atoms with van der Waals surface area (Å²) in [5.74, 6) is 0.437. The lowest BCUT2D eigenvalue weighted by Gasteiger charge is -2.31. The molecule has 1 atom stereocenters. The molecule has 1 N–H and O–H groups in total. The molecule has 0 bridgehead atoms. The molecule has 1 aliphatic heterocycles. The minimum atomic E-state index is -0.00588. The predicted octanol–water partition coefficient (Wildman–Crippen LogP) is 1.86. The molecule has 17 heavy (non-hydrogen) atoms. The molecule has 1 aromatic rings. The van der Waals surface area contributed by atoms with Crippen molar-refractivity contribution in [2.45, 2.75) is 18.1 Å². The fraction of sp³-hybridized carbons (Fsp3) is 0.545. The summed E-state index contributed by atoms with van der Waals surface area (Å²) in [6, 6.07) is 3.94. The van der Waals surface area contributed by atoms with Gasteiger partial charge in [0.25, 0.3) is 5.91 Å². The third kappa shape index (κ3) is 3.40. The maximum absolute atomic E-state index is 12.1. The van der Waals surface area contributed by atoms with Crippen LogP contribution in [0.5, 0.6) is 0 Å². The van der Waals surface area contributed by atoms with Gasteiger partial charge in [0.15, 0.2) is 10.9 Å². The lowest BCUT2D eigenvalue weighted by atomic mass is 10.2. The van der Waals surface area contributed by atoms with E-state index in [1.165, 1.54) is 11.8 Å². The van der Waals surface area contributed by atoms with Crippen LogP contribution in [-0.2, 0) is 0 Å². The number of carbonyl (C=O) groups excluding carboxylic acids is 1. The summed E-state index contributed by atoms with van der Waals surface area (Å²) in [5, 5.41) is 4.09. The zero-order valence-corrected chi connectivity index (χ0v) is 11.6. The molecule has 1 fully saturated rings. The van der Waals surface area contributed by atoms with Gasteiger partial charge >= 0.3 is 0 Å². The predicted molar refractivity (Wildman–Crippen MR) is 71.1 cm³/mol. The number of rotatable bonds is 2. The Hall–Kier alpha value is -0.650. The summed E-state index contributed by atoms with van der Waals surface area (Å²) < 4.78 is 5.43. The largest absolute Gasteiger partial charge is 0.445 e. The van der Waals surface area contributed by atoms with Crippen molar-refractivity contribution in [3.8, 4) is 0 Å². The number of nitrogens with one attached hydrogen (secondary N) is 1. The van der Waals surface area contributed by atoms with Crippen molar-refractivity contribution >= 4 is 30.1 Å². The quantitative estimate of drug-likeness (QED) is 0.838. The van der Waals surface area contributed by atoms with Crippen LogP contribution in [0.2, 0.25) is 0 Å². The van der Waals surface area contributed by atoms with Crippen LogP contribution < -0.4 is 5.32 Å². The standard InChI is InChI=1S/C11H16N2O2S.ClH/c1-8-7-13(6-5-12-8)11(14)9-3-4-10(15-9)16-2;/h3-4,8,12H,5-7H2,1-2H3;1H. The van der Waals surface area contributed by atoms with Crippen LogP contribution >= 0.6 is 24.2 Å². The van der Waals surface area contributed by atoms with Crippen LogP contribution in [0.15, 0.2) is 21.6 Å². The number of carbonyl (C=O) groups is 1. The number of hydrogen-bond acceptors (Lipinski definition) is 4. The van der Waals surface area contributed by atoms with E-state index in [-0.39, 0.29) is 18.3 Å². The molecule has 2 heterocycles. The first-order valence-electron chi connectivity index (χ1n) is 5.37. The van der Waals surface area contributed by atoms with Crippen molar-refractivity contribution in [3.05, 3.63) is 17.9 Å². The molecular weight excluding hydrogens is 260 g/mol. The highest BCUT2D eigenvalue weighted by Crippen LogP contribution is 2.19. The van der Waals surface area contributed by atoms with Gasteiger partial charge in [0.05, 0.1) is 0 Å². The Balaban J connectivity index is 0.00000144. The summed E-state index contributed by atoms with van der Waals surface area (Å²) in [6.45, 7) is 4.42. The Morgan fingerprint density at radius 2 is 2.35 bits per heavy atom. The summed E-state index contributed by atoms with van der Waals surface area (Å²) in [4.78, 5) is 13.9. The molecule has 0 aliphatic carbocycles. The van der Waals surface area contributed by atoms with Crippen LogP contribution in [0, 0.1) is 0 Å². The smallest absolute Gasteiger partial charge is 0.289 e. The molecular formula is C11H17ClN2O2S. The van der Waals surface area contributed by atoms with E-state index in [9.17, 15) is 4.79 Å². The number of amides is 1. The van der Waals surface area contributed by atoms with Crippen LogP contribution in [0.1, 0.15) is 17.5 Å². The van der Waals surface area contributed by atoms with Gasteiger partial charge in [-0.1, -0.05) is 11.8 Å². The van der Waals surface area contributed by atoms with E-state index in [2.05, 4.69) is 12.2 Å². The first-order chi connectivity index (χ1) is 7.70. The Morgan fingerprint density at radius 3 is 2.94 bits per heavy atom. The van der Waals surface area contributed by atoms with Crippen LogP contribution in [-0.4, -0.2) is 42.7 Å². The fourth-order valence-electron chi connectivity index (χ4n) is 1.82. The lowest BCUT2D eigenvalue weighted by Crippen LogP contribution is -2.51. The van der Waals surface area contributed by atoms with E-state index in [0.29, 0.717) is 11.8 Å². The molecule has 0 radical (unpaired) electrons. The Kier molecular flexibility index (Phi) is 5.36. The van der Waals surface area contributed by atoms with E-state index in [1.807, 2.05) is 17.2 Å². The lowest BCUT2D eigenvalue weighted by molar-refractivity contribution is 0.0671. The number of nitrogens with zero attached hydrogens (tertiary/aromatic N) is 1.